The van der Waals surface area contributed by atoms with E-state index in [0.29, 0.717) is 5.65 Å². The van der Waals surface area contributed by atoms with E-state index >= 15 is 0 Å². The standard InChI is InChI=1S/C9H8N2O2/c1-6-2-3-11-7(9(12)13)5-10-8(11)4-6/h2-5H,1H3,(H,12,13). The summed E-state index contributed by atoms with van der Waals surface area (Å²) in [4.78, 5) is 14.7. The fraction of sp³-hybridized carbons (Fsp3) is 0.111. The molecule has 0 atom stereocenters. The zero-order valence-electron chi connectivity index (χ0n) is 7.06. The van der Waals surface area contributed by atoms with Gasteiger partial charge in [0.25, 0.3) is 0 Å². The third-order valence-corrected chi connectivity index (χ3v) is 1.89. The largest absolute Gasteiger partial charge is 0.477 e. The molecule has 4 nitrogen and oxygen atoms in total. The van der Waals surface area contributed by atoms with Crippen LogP contribution >= 0.6 is 0 Å². The second-order valence-electron chi connectivity index (χ2n) is 2.88. The van der Waals surface area contributed by atoms with Crippen LogP contribution in [0.25, 0.3) is 5.65 Å². The first kappa shape index (κ1) is 7.79. The van der Waals surface area contributed by atoms with Crippen molar-refractivity contribution in [2.75, 3.05) is 0 Å². The molecule has 0 saturated carbocycles. The van der Waals surface area contributed by atoms with Crippen molar-refractivity contribution in [2.45, 2.75) is 6.92 Å². The number of imidazole rings is 1. The number of hydrogen-bond acceptors (Lipinski definition) is 2. The predicted octanol–water partition coefficient (Wildman–Crippen LogP) is 1.34. The number of fused-ring (bicyclic) bond motifs is 1. The van der Waals surface area contributed by atoms with Crippen LogP contribution in [0.4, 0.5) is 0 Å². The average molecular weight is 176 g/mol. The van der Waals surface area contributed by atoms with E-state index in [9.17, 15) is 4.79 Å². The number of nitrogens with zero attached hydrogens (tertiary/aromatic N) is 2. The van der Waals surface area contributed by atoms with E-state index in [0.717, 1.165) is 5.56 Å². The van der Waals surface area contributed by atoms with Crippen LogP contribution in [0.3, 0.4) is 0 Å². The molecule has 66 valence electrons. The molecule has 2 heterocycles. The number of hydrogen-bond donors (Lipinski definition) is 1. The molecule has 0 aliphatic rings. The molecule has 0 saturated heterocycles. The van der Waals surface area contributed by atoms with Crippen LogP contribution in [-0.4, -0.2) is 20.5 Å². The first-order valence-corrected chi connectivity index (χ1v) is 3.85. The van der Waals surface area contributed by atoms with Gasteiger partial charge in [-0.05, 0) is 24.6 Å². The number of carboxylic acid groups (broad SMARTS) is 1. The molecular formula is C9H8N2O2. The van der Waals surface area contributed by atoms with E-state index in [1.54, 1.807) is 10.6 Å². The molecule has 0 unspecified atom stereocenters. The van der Waals surface area contributed by atoms with E-state index in [-0.39, 0.29) is 5.69 Å². The van der Waals surface area contributed by atoms with Crippen LogP contribution in [0, 0.1) is 6.92 Å². The molecule has 0 radical (unpaired) electrons. The van der Waals surface area contributed by atoms with E-state index < -0.39 is 5.97 Å². The van der Waals surface area contributed by atoms with Crippen LogP contribution in [-0.2, 0) is 0 Å². The molecule has 2 aromatic heterocycles. The molecule has 13 heavy (non-hydrogen) atoms. The Morgan fingerprint density at radius 2 is 2.38 bits per heavy atom. The highest BCUT2D eigenvalue weighted by Crippen LogP contribution is 2.08. The molecule has 0 fully saturated rings. The second kappa shape index (κ2) is 2.58. The molecular weight excluding hydrogens is 168 g/mol. The summed E-state index contributed by atoms with van der Waals surface area (Å²) in [6.45, 7) is 1.94. The summed E-state index contributed by atoms with van der Waals surface area (Å²) in [5.41, 5.74) is 1.92. The van der Waals surface area contributed by atoms with Gasteiger partial charge in [0.15, 0.2) is 5.69 Å². The number of carbonyl (C=O) groups is 1. The van der Waals surface area contributed by atoms with Crippen molar-refractivity contribution < 1.29 is 9.90 Å². The molecule has 2 aromatic rings. The van der Waals surface area contributed by atoms with Gasteiger partial charge >= 0.3 is 5.97 Å². The predicted molar refractivity (Wildman–Crippen MR) is 46.9 cm³/mol. The van der Waals surface area contributed by atoms with Gasteiger partial charge in [0.05, 0.1) is 6.20 Å². The van der Waals surface area contributed by atoms with E-state index in [1.807, 2.05) is 19.1 Å². The minimum Gasteiger partial charge on any atom is -0.477 e. The van der Waals surface area contributed by atoms with Crippen molar-refractivity contribution in [3.8, 4) is 0 Å². The van der Waals surface area contributed by atoms with Crippen molar-refractivity contribution in [1.29, 1.82) is 0 Å². The van der Waals surface area contributed by atoms with Crippen molar-refractivity contribution in [2.24, 2.45) is 0 Å². The third-order valence-electron chi connectivity index (χ3n) is 1.89. The van der Waals surface area contributed by atoms with Gasteiger partial charge in [-0.1, -0.05) is 0 Å². The van der Waals surface area contributed by atoms with Gasteiger partial charge in [-0.25, -0.2) is 9.78 Å². The Morgan fingerprint density at radius 3 is 3.08 bits per heavy atom. The Bertz CT molecular complexity index is 473. The molecule has 0 aromatic carbocycles. The lowest BCUT2D eigenvalue weighted by Gasteiger charge is -1.96. The summed E-state index contributed by atoms with van der Waals surface area (Å²) in [5, 5.41) is 8.78. The molecule has 0 amide bonds. The van der Waals surface area contributed by atoms with E-state index in [1.165, 1.54) is 6.20 Å². The summed E-state index contributed by atoms with van der Waals surface area (Å²) < 4.78 is 1.55. The molecule has 2 rings (SSSR count). The monoisotopic (exact) mass is 176 g/mol. The first-order chi connectivity index (χ1) is 6.18. The Hall–Kier alpha value is -1.84. The zero-order chi connectivity index (χ0) is 9.42. The summed E-state index contributed by atoms with van der Waals surface area (Å²) >= 11 is 0. The van der Waals surface area contributed by atoms with Gasteiger partial charge in [0, 0.05) is 6.20 Å². The number of carboxylic acids is 1. The number of rotatable bonds is 1. The number of aromatic nitrogens is 2. The zero-order valence-corrected chi connectivity index (χ0v) is 7.06. The normalized spacial score (nSPS) is 10.5. The lowest BCUT2D eigenvalue weighted by Crippen LogP contribution is -2.00. The highest BCUT2D eigenvalue weighted by atomic mass is 16.4. The van der Waals surface area contributed by atoms with Gasteiger partial charge < -0.3 is 5.11 Å². The second-order valence-corrected chi connectivity index (χ2v) is 2.88. The Morgan fingerprint density at radius 1 is 1.62 bits per heavy atom. The minimum atomic E-state index is -0.962. The van der Waals surface area contributed by atoms with Gasteiger partial charge in [-0.15, -0.1) is 0 Å². The Balaban J connectivity index is 2.76. The van der Waals surface area contributed by atoms with Crippen LogP contribution in [0.1, 0.15) is 16.1 Å². The summed E-state index contributed by atoms with van der Waals surface area (Å²) in [7, 11) is 0. The molecule has 1 N–H and O–H groups in total. The smallest absolute Gasteiger partial charge is 0.354 e. The van der Waals surface area contributed by atoms with E-state index in [2.05, 4.69) is 4.98 Å². The Labute approximate surface area is 74.5 Å². The maximum atomic E-state index is 10.7. The molecule has 0 bridgehead atoms. The summed E-state index contributed by atoms with van der Waals surface area (Å²) in [5.74, 6) is -0.962. The van der Waals surface area contributed by atoms with Crippen LogP contribution in [0.15, 0.2) is 24.5 Å². The highest BCUT2D eigenvalue weighted by molar-refractivity contribution is 5.86. The quantitative estimate of drug-likeness (QED) is 0.713. The maximum absolute atomic E-state index is 10.7. The summed E-state index contributed by atoms with van der Waals surface area (Å²) in [6.07, 6.45) is 3.07. The fourth-order valence-corrected chi connectivity index (χ4v) is 1.24. The van der Waals surface area contributed by atoms with Gasteiger partial charge in [0.2, 0.25) is 0 Å². The number of aryl methyl sites for hydroxylation is 1. The molecule has 0 aliphatic heterocycles. The van der Waals surface area contributed by atoms with Crippen molar-refractivity contribution in [3.05, 3.63) is 35.8 Å². The lowest BCUT2D eigenvalue weighted by molar-refractivity contribution is 0.0689. The Kier molecular flexibility index (Phi) is 1.55. The SMILES string of the molecule is Cc1ccn2c(C(=O)O)cnc2c1. The van der Waals surface area contributed by atoms with Crippen molar-refractivity contribution in [1.82, 2.24) is 9.38 Å². The van der Waals surface area contributed by atoms with Gasteiger partial charge in [0.1, 0.15) is 5.65 Å². The third kappa shape index (κ3) is 1.16. The topological polar surface area (TPSA) is 54.6 Å². The molecule has 0 aliphatic carbocycles. The van der Waals surface area contributed by atoms with Gasteiger partial charge in [-0.2, -0.15) is 0 Å². The number of pyridine rings is 1. The van der Waals surface area contributed by atoms with E-state index in [4.69, 9.17) is 5.11 Å². The molecule has 4 heteroatoms. The average Bonchev–Trinajstić information content (AvgIpc) is 2.46. The molecule has 0 spiro atoms. The van der Waals surface area contributed by atoms with Crippen molar-refractivity contribution in [3.63, 3.8) is 0 Å². The van der Waals surface area contributed by atoms with Crippen molar-refractivity contribution >= 4 is 11.6 Å². The minimum absolute atomic E-state index is 0.190. The van der Waals surface area contributed by atoms with Crippen LogP contribution in [0.5, 0.6) is 0 Å². The fourth-order valence-electron chi connectivity index (χ4n) is 1.24. The van der Waals surface area contributed by atoms with Crippen LogP contribution in [0.2, 0.25) is 0 Å². The number of aromatic carboxylic acids is 1. The lowest BCUT2D eigenvalue weighted by atomic mass is 10.3. The van der Waals surface area contributed by atoms with Crippen LogP contribution < -0.4 is 0 Å². The highest BCUT2D eigenvalue weighted by Gasteiger charge is 2.08. The van der Waals surface area contributed by atoms with Gasteiger partial charge in [-0.3, -0.25) is 4.40 Å². The summed E-state index contributed by atoms with van der Waals surface area (Å²) in [6, 6.07) is 3.69. The first-order valence-electron chi connectivity index (χ1n) is 3.85. The maximum Gasteiger partial charge on any atom is 0.354 e.